The van der Waals surface area contributed by atoms with E-state index in [4.69, 9.17) is 28.4 Å². The Morgan fingerprint density at radius 3 is 1.00 bits per heavy atom. The molecule has 2 atom stereocenters. The van der Waals surface area contributed by atoms with Crippen LogP contribution in [0.5, 0.6) is 0 Å². The molecule has 0 aliphatic carbocycles. The van der Waals surface area contributed by atoms with Crippen LogP contribution in [0, 0.1) is 0 Å². The highest BCUT2D eigenvalue weighted by Gasteiger charge is 2.36. The minimum Gasteiger partial charge on any atom is -0.376 e. The highest BCUT2D eigenvalue weighted by Crippen LogP contribution is 2.24. The van der Waals surface area contributed by atoms with E-state index in [9.17, 15) is 0 Å². The molecule has 0 saturated heterocycles. The fraction of sp³-hybridized carbons (Fsp3) is 1.00. The smallest absolute Gasteiger partial charge is 0.166 e. The average Bonchev–Trinajstić information content (AvgIpc) is 3.07. The molecule has 47 heavy (non-hydrogen) atoms. The SMILES string of the molecule is CCCCCCCCCCCCC(OC)C([SiH3])(OC)OC.CCCCCCCCCCCCCCC(OCC)C([SiH3])(OCC)OCC. The monoisotopic (exact) mass is 707 g/mol. The quantitative estimate of drug-likeness (QED) is 0.0372. The number of hydrogen-bond donors (Lipinski definition) is 0. The molecule has 0 aromatic carbocycles. The molecule has 0 aromatic heterocycles. The van der Waals surface area contributed by atoms with Crippen molar-refractivity contribution < 1.29 is 28.4 Å². The van der Waals surface area contributed by atoms with Crippen molar-refractivity contribution in [3.05, 3.63) is 0 Å². The summed E-state index contributed by atoms with van der Waals surface area (Å²) in [5, 5.41) is 0. The molecule has 0 rings (SSSR count). The average molecular weight is 707 g/mol. The minimum atomic E-state index is -0.492. The van der Waals surface area contributed by atoms with Gasteiger partial charge in [0.25, 0.3) is 0 Å². The van der Waals surface area contributed by atoms with Crippen LogP contribution in [0.3, 0.4) is 0 Å². The number of methoxy groups -OCH3 is 3. The molecule has 0 spiro atoms. The van der Waals surface area contributed by atoms with Crippen LogP contribution in [0.1, 0.15) is 189 Å². The fourth-order valence-corrected chi connectivity index (χ4v) is 7.98. The maximum absolute atomic E-state index is 6.00. The first kappa shape index (κ1) is 49.3. The van der Waals surface area contributed by atoms with Gasteiger partial charge in [0.1, 0.15) is 12.2 Å². The Morgan fingerprint density at radius 1 is 0.404 bits per heavy atom. The summed E-state index contributed by atoms with van der Waals surface area (Å²) in [5.74, 6) is 0. The van der Waals surface area contributed by atoms with E-state index in [0.29, 0.717) is 13.2 Å². The van der Waals surface area contributed by atoms with Gasteiger partial charge in [-0.3, -0.25) is 0 Å². The van der Waals surface area contributed by atoms with Crippen molar-refractivity contribution in [2.24, 2.45) is 0 Å². The molecule has 0 N–H and O–H groups in total. The molecule has 0 bridgehead atoms. The van der Waals surface area contributed by atoms with E-state index in [-0.39, 0.29) is 12.2 Å². The second-order valence-corrected chi connectivity index (χ2v) is 16.4. The minimum absolute atomic E-state index is 0.0632. The van der Waals surface area contributed by atoms with Gasteiger partial charge >= 0.3 is 0 Å². The summed E-state index contributed by atoms with van der Waals surface area (Å²) in [4.78, 5) is 0. The summed E-state index contributed by atoms with van der Waals surface area (Å²) in [7, 11) is 6.83. The van der Waals surface area contributed by atoms with Gasteiger partial charge in [0, 0.05) is 41.2 Å². The van der Waals surface area contributed by atoms with Crippen LogP contribution in [0.15, 0.2) is 0 Å². The van der Waals surface area contributed by atoms with Gasteiger partial charge in [0.2, 0.25) is 0 Å². The van der Waals surface area contributed by atoms with Gasteiger partial charge < -0.3 is 28.4 Å². The van der Waals surface area contributed by atoms with E-state index in [1.165, 1.54) is 141 Å². The second kappa shape index (κ2) is 36.0. The van der Waals surface area contributed by atoms with Gasteiger partial charge in [-0.2, -0.15) is 0 Å². The summed E-state index contributed by atoms with van der Waals surface area (Å²) in [6.07, 6.45) is 32.4. The second-order valence-electron chi connectivity index (χ2n) is 13.6. The van der Waals surface area contributed by atoms with Crippen LogP contribution < -0.4 is 0 Å². The molecule has 0 radical (unpaired) electrons. The summed E-state index contributed by atoms with van der Waals surface area (Å²) < 4.78 is 34.5. The maximum Gasteiger partial charge on any atom is 0.166 e. The Bertz CT molecular complexity index is 602. The van der Waals surface area contributed by atoms with Crippen LogP contribution in [0.2, 0.25) is 0 Å². The van der Waals surface area contributed by atoms with Gasteiger partial charge in [-0.1, -0.05) is 155 Å². The lowest BCUT2D eigenvalue weighted by molar-refractivity contribution is -0.237. The Morgan fingerprint density at radius 2 is 0.723 bits per heavy atom. The molecule has 8 heteroatoms. The topological polar surface area (TPSA) is 55.4 Å². The summed E-state index contributed by atoms with van der Waals surface area (Å²) in [6, 6.07) is 0. The van der Waals surface area contributed by atoms with Gasteiger partial charge in [0.05, 0.1) is 20.5 Å². The molecular formula is C39H86O6Si2. The van der Waals surface area contributed by atoms with Crippen LogP contribution in [-0.2, 0) is 28.4 Å². The van der Waals surface area contributed by atoms with E-state index in [0.717, 1.165) is 39.9 Å². The molecular weight excluding hydrogens is 621 g/mol. The molecule has 0 amide bonds. The van der Waals surface area contributed by atoms with E-state index in [2.05, 4.69) is 20.8 Å². The predicted molar refractivity (Wildman–Crippen MR) is 211 cm³/mol. The first-order chi connectivity index (χ1) is 22.8. The maximum atomic E-state index is 6.00. The Labute approximate surface area is 301 Å². The zero-order valence-electron chi connectivity index (χ0n) is 33.7. The predicted octanol–water partition coefficient (Wildman–Crippen LogP) is 9.20. The Hall–Kier alpha value is 0.194. The lowest BCUT2D eigenvalue weighted by atomic mass is 10.0. The first-order valence-corrected chi connectivity index (χ1v) is 22.3. The van der Waals surface area contributed by atoms with E-state index >= 15 is 0 Å². The standard InChI is InChI=1S/C22H48O3Si.C17H38O3Si/c1-5-9-10-11-12-13-14-15-16-17-18-19-20-21(23-6-2)22(26,24-7-3)25-8-4;1-5-6-7-8-9-10-11-12-13-14-15-16(18-2)17(21,19-3)20-4/h21H,5-20H2,1-4,26H3;16H,5-15H2,1-4,21H3. The highest BCUT2D eigenvalue weighted by atomic mass is 28.2. The third-order valence-corrected chi connectivity index (χ3v) is 12.3. The number of rotatable bonds is 35. The molecule has 286 valence electrons. The van der Waals surface area contributed by atoms with E-state index < -0.39 is 10.8 Å². The first-order valence-electron chi connectivity index (χ1n) is 20.3. The van der Waals surface area contributed by atoms with E-state index in [1.807, 2.05) is 13.8 Å². The number of ether oxygens (including phenoxy) is 6. The summed E-state index contributed by atoms with van der Waals surface area (Å²) in [5.41, 5.74) is -0.967. The van der Waals surface area contributed by atoms with Crippen molar-refractivity contribution in [1.82, 2.24) is 0 Å². The van der Waals surface area contributed by atoms with Crippen molar-refractivity contribution in [2.45, 2.75) is 212 Å². The molecule has 2 unspecified atom stereocenters. The molecule has 0 heterocycles. The van der Waals surface area contributed by atoms with Crippen molar-refractivity contribution in [2.75, 3.05) is 41.2 Å². The van der Waals surface area contributed by atoms with Gasteiger partial charge in [-0.15, -0.1) is 0 Å². The summed E-state index contributed by atoms with van der Waals surface area (Å²) >= 11 is 0. The summed E-state index contributed by atoms with van der Waals surface area (Å²) in [6.45, 7) is 12.8. The Balaban J connectivity index is 0. The van der Waals surface area contributed by atoms with Crippen LogP contribution >= 0.6 is 0 Å². The molecule has 0 fully saturated rings. The largest absolute Gasteiger partial charge is 0.376 e. The van der Waals surface area contributed by atoms with Gasteiger partial charge in [0.15, 0.2) is 10.8 Å². The molecule has 0 aromatic rings. The molecule has 0 aliphatic heterocycles. The normalized spacial score (nSPS) is 13.5. The van der Waals surface area contributed by atoms with Gasteiger partial charge in [-0.25, -0.2) is 0 Å². The Kier molecular flexibility index (Phi) is 37.8. The van der Waals surface area contributed by atoms with Crippen LogP contribution in [0.4, 0.5) is 0 Å². The molecule has 6 nitrogen and oxygen atoms in total. The van der Waals surface area contributed by atoms with Crippen LogP contribution in [-0.4, -0.2) is 84.7 Å². The number of hydrogen-bond acceptors (Lipinski definition) is 6. The number of unbranched alkanes of at least 4 members (excludes halogenated alkanes) is 20. The van der Waals surface area contributed by atoms with Crippen molar-refractivity contribution in [1.29, 1.82) is 0 Å². The zero-order chi connectivity index (χ0) is 35.5. The lowest BCUT2D eigenvalue weighted by Crippen LogP contribution is -2.49. The van der Waals surface area contributed by atoms with Crippen LogP contribution in [0.25, 0.3) is 0 Å². The fourth-order valence-electron chi connectivity index (χ4n) is 6.43. The van der Waals surface area contributed by atoms with Crippen molar-refractivity contribution in [3.63, 3.8) is 0 Å². The van der Waals surface area contributed by atoms with E-state index in [1.54, 1.807) is 21.3 Å². The van der Waals surface area contributed by atoms with Crippen molar-refractivity contribution in [3.8, 4) is 0 Å². The zero-order valence-corrected chi connectivity index (χ0v) is 37.7. The molecule has 0 aliphatic rings. The van der Waals surface area contributed by atoms with Crippen molar-refractivity contribution >= 4 is 20.5 Å². The lowest BCUT2D eigenvalue weighted by Gasteiger charge is -2.37. The third-order valence-electron chi connectivity index (χ3n) is 9.63. The molecule has 0 saturated carbocycles. The highest BCUT2D eigenvalue weighted by molar-refractivity contribution is 6.14. The van der Waals surface area contributed by atoms with Gasteiger partial charge in [-0.05, 0) is 33.6 Å². The third kappa shape index (κ3) is 27.6.